The summed E-state index contributed by atoms with van der Waals surface area (Å²) < 4.78 is 62.2. The highest BCUT2D eigenvalue weighted by Gasteiger charge is 2.25. The van der Waals surface area contributed by atoms with Gasteiger partial charge in [-0.3, -0.25) is 13.9 Å². The van der Waals surface area contributed by atoms with E-state index in [1.165, 1.54) is 44.4 Å². The molecule has 204 valence electrons. The van der Waals surface area contributed by atoms with E-state index >= 15 is 4.39 Å². The van der Waals surface area contributed by atoms with Crippen molar-refractivity contribution in [3.8, 4) is 16.9 Å². The predicted molar refractivity (Wildman–Crippen MR) is 144 cm³/mol. The van der Waals surface area contributed by atoms with E-state index in [9.17, 15) is 22.4 Å². The molecule has 0 saturated carbocycles. The third-order valence-electron chi connectivity index (χ3n) is 6.54. The Morgan fingerprint density at radius 1 is 0.949 bits per heavy atom. The monoisotopic (exact) mass is 555 g/mol. The third kappa shape index (κ3) is 5.41. The first-order chi connectivity index (χ1) is 18.5. The van der Waals surface area contributed by atoms with Gasteiger partial charge in [0.25, 0.3) is 5.56 Å². The van der Waals surface area contributed by atoms with Gasteiger partial charge in [0, 0.05) is 29.1 Å². The smallest absolute Gasteiger partial charge is 0.331 e. The van der Waals surface area contributed by atoms with Crippen molar-refractivity contribution in [2.75, 3.05) is 13.4 Å². The Labute approximate surface area is 223 Å². The van der Waals surface area contributed by atoms with E-state index in [0.717, 1.165) is 21.5 Å². The van der Waals surface area contributed by atoms with Gasteiger partial charge in [-0.25, -0.2) is 22.0 Å². The lowest BCUT2D eigenvalue weighted by molar-refractivity contribution is 0.387. The van der Waals surface area contributed by atoms with Crippen molar-refractivity contribution in [3.05, 3.63) is 116 Å². The van der Waals surface area contributed by atoms with Crippen molar-refractivity contribution in [1.29, 1.82) is 0 Å². The number of rotatable bonds is 8. The molecule has 4 rings (SSSR count). The molecule has 0 aliphatic heterocycles. The van der Waals surface area contributed by atoms with Gasteiger partial charge in [0.05, 0.1) is 30.7 Å². The molecule has 11 heteroatoms. The van der Waals surface area contributed by atoms with Crippen LogP contribution in [0.15, 0.2) is 81.2 Å². The van der Waals surface area contributed by atoms with Crippen LogP contribution in [0, 0.1) is 18.6 Å². The zero-order valence-corrected chi connectivity index (χ0v) is 22.3. The van der Waals surface area contributed by atoms with Crippen LogP contribution in [-0.4, -0.2) is 30.9 Å². The van der Waals surface area contributed by atoms with Crippen molar-refractivity contribution in [2.24, 2.45) is 5.73 Å². The zero-order valence-electron chi connectivity index (χ0n) is 21.5. The molecule has 0 fully saturated rings. The molecule has 1 heterocycles. The van der Waals surface area contributed by atoms with Gasteiger partial charge in [0.2, 0.25) is 0 Å². The zero-order chi connectivity index (χ0) is 28.5. The van der Waals surface area contributed by atoms with Crippen LogP contribution in [0.1, 0.15) is 22.9 Å². The predicted octanol–water partition coefficient (Wildman–Crippen LogP) is 3.42. The maximum Gasteiger partial charge on any atom is 0.331 e. The molecule has 1 atom stereocenters. The van der Waals surface area contributed by atoms with Crippen molar-refractivity contribution < 1.29 is 21.9 Å². The van der Waals surface area contributed by atoms with Crippen LogP contribution in [0.2, 0.25) is 0 Å². The molecular weight excluding hydrogens is 528 g/mol. The van der Waals surface area contributed by atoms with Crippen LogP contribution in [0.25, 0.3) is 11.1 Å². The number of hydrogen-bond donors (Lipinski definition) is 1. The number of ether oxygens (including phenoxy) is 1. The maximum atomic E-state index is 15.4. The van der Waals surface area contributed by atoms with Gasteiger partial charge >= 0.3 is 5.69 Å². The first-order valence-corrected chi connectivity index (χ1v) is 13.8. The average molecular weight is 556 g/mol. The van der Waals surface area contributed by atoms with Gasteiger partial charge in [-0.2, -0.15) is 0 Å². The molecule has 0 aliphatic carbocycles. The standard InChI is InChI=1S/C28H27F2N3O5S/c1-17-25(19-11-7-13-23(38-2)26(19)30)27(34)33(16-22(31)18-9-5-4-6-10-18)28(35)32(17)15-20-21(29)12-8-14-24(20)39(3,36)37/h4-14,22H,15-16,31H2,1-3H3/t22-/m0/s1. The normalized spacial score (nSPS) is 12.4. The first-order valence-electron chi connectivity index (χ1n) is 11.9. The fourth-order valence-electron chi connectivity index (χ4n) is 4.52. The van der Waals surface area contributed by atoms with Crippen LogP contribution in [0.5, 0.6) is 5.75 Å². The first kappa shape index (κ1) is 27.9. The quantitative estimate of drug-likeness (QED) is 0.357. The van der Waals surface area contributed by atoms with Crippen molar-refractivity contribution >= 4 is 9.84 Å². The van der Waals surface area contributed by atoms with Crippen molar-refractivity contribution in [3.63, 3.8) is 0 Å². The van der Waals surface area contributed by atoms with E-state index in [1.807, 2.05) is 0 Å². The number of aromatic nitrogens is 2. The molecule has 3 aromatic carbocycles. The fourth-order valence-corrected chi connectivity index (χ4v) is 5.46. The highest BCUT2D eigenvalue weighted by molar-refractivity contribution is 7.90. The molecular formula is C28H27F2N3O5S. The van der Waals surface area contributed by atoms with Gasteiger partial charge in [0.15, 0.2) is 21.4 Å². The molecule has 4 aromatic rings. The molecule has 0 bridgehead atoms. The second kappa shape index (κ2) is 11.0. The largest absolute Gasteiger partial charge is 0.494 e. The van der Waals surface area contributed by atoms with Crippen LogP contribution < -0.4 is 21.7 Å². The third-order valence-corrected chi connectivity index (χ3v) is 7.72. The van der Waals surface area contributed by atoms with Gasteiger partial charge < -0.3 is 10.5 Å². The molecule has 0 unspecified atom stereocenters. The number of benzene rings is 3. The summed E-state index contributed by atoms with van der Waals surface area (Å²) in [6.45, 7) is 0.620. The Hall–Kier alpha value is -4.09. The summed E-state index contributed by atoms with van der Waals surface area (Å²) in [5.41, 5.74) is 4.79. The number of methoxy groups -OCH3 is 1. The number of sulfone groups is 1. The topological polar surface area (TPSA) is 113 Å². The lowest BCUT2D eigenvalue weighted by Gasteiger charge is -2.21. The van der Waals surface area contributed by atoms with E-state index in [-0.39, 0.29) is 39.6 Å². The molecule has 39 heavy (non-hydrogen) atoms. The summed E-state index contributed by atoms with van der Waals surface area (Å²) >= 11 is 0. The second-order valence-electron chi connectivity index (χ2n) is 9.07. The van der Waals surface area contributed by atoms with E-state index in [0.29, 0.717) is 5.56 Å². The highest BCUT2D eigenvalue weighted by atomic mass is 32.2. The van der Waals surface area contributed by atoms with Crippen LogP contribution >= 0.6 is 0 Å². The number of nitrogens with two attached hydrogens (primary N) is 1. The van der Waals surface area contributed by atoms with Gasteiger partial charge in [-0.05, 0) is 30.7 Å². The summed E-state index contributed by atoms with van der Waals surface area (Å²) in [6.07, 6.45) is 0.928. The lowest BCUT2D eigenvalue weighted by Crippen LogP contribution is -2.44. The Balaban J connectivity index is 2.02. The summed E-state index contributed by atoms with van der Waals surface area (Å²) in [5, 5.41) is 0. The average Bonchev–Trinajstić information content (AvgIpc) is 2.90. The SMILES string of the molecule is COc1cccc(-c2c(C)n(Cc3c(F)cccc3S(C)(=O)=O)c(=O)n(C[C@H](N)c3ccccc3)c2=O)c1F. The molecule has 0 spiro atoms. The lowest BCUT2D eigenvalue weighted by atomic mass is 10.0. The number of nitrogens with zero attached hydrogens (tertiary/aromatic N) is 2. The van der Waals surface area contributed by atoms with Crippen LogP contribution in [0.4, 0.5) is 8.78 Å². The molecule has 2 N–H and O–H groups in total. The molecule has 0 radical (unpaired) electrons. The van der Waals surface area contributed by atoms with Crippen LogP contribution in [-0.2, 0) is 22.9 Å². The summed E-state index contributed by atoms with van der Waals surface area (Å²) in [7, 11) is -2.60. The highest BCUT2D eigenvalue weighted by Crippen LogP contribution is 2.29. The minimum absolute atomic E-state index is 0.0180. The van der Waals surface area contributed by atoms with E-state index in [2.05, 4.69) is 0 Å². The number of hydrogen-bond acceptors (Lipinski definition) is 6. The molecule has 0 amide bonds. The van der Waals surface area contributed by atoms with Gasteiger partial charge in [0.1, 0.15) is 5.82 Å². The molecule has 8 nitrogen and oxygen atoms in total. The Kier molecular flexibility index (Phi) is 7.84. The summed E-state index contributed by atoms with van der Waals surface area (Å²) in [4.78, 5) is 27.2. The number of halogens is 2. The minimum Gasteiger partial charge on any atom is -0.494 e. The van der Waals surface area contributed by atoms with Crippen molar-refractivity contribution in [1.82, 2.24) is 9.13 Å². The van der Waals surface area contributed by atoms with E-state index in [1.54, 1.807) is 30.3 Å². The van der Waals surface area contributed by atoms with E-state index in [4.69, 9.17) is 10.5 Å². The second-order valence-corrected chi connectivity index (χ2v) is 11.1. The minimum atomic E-state index is -3.87. The summed E-state index contributed by atoms with van der Waals surface area (Å²) in [6, 6.07) is 15.8. The fraction of sp³-hybridized carbons (Fsp3) is 0.214. The van der Waals surface area contributed by atoms with Gasteiger partial charge in [-0.1, -0.05) is 48.5 Å². The Morgan fingerprint density at radius 2 is 1.62 bits per heavy atom. The maximum absolute atomic E-state index is 15.4. The molecule has 0 saturated heterocycles. The van der Waals surface area contributed by atoms with Crippen LogP contribution in [0.3, 0.4) is 0 Å². The van der Waals surface area contributed by atoms with Gasteiger partial charge in [-0.15, -0.1) is 0 Å². The Morgan fingerprint density at radius 3 is 2.26 bits per heavy atom. The summed E-state index contributed by atoms with van der Waals surface area (Å²) in [5.74, 6) is -1.80. The van der Waals surface area contributed by atoms with E-state index < -0.39 is 45.3 Å². The Bertz CT molecular complexity index is 1770. The molecule has 0 aliphatic rings. The molecule has 1 aromatic heterocycles. The van der Waals surface area contributed by atoms with Crippen molar-refractivity contribution in [2.45, 2.75) is 31.0 Å².